The Labute approximate surface area is 163 Å². The third kappa shape index (κ3) is 5.86. The van der Waals surface area contributed by atoms with Crippen LogP contribution < -0.4 is 0 Å². The first kappa shape index (κ1) is 21.4. The van der Waals surface area contributed by atoms with Crippen LogP contribution in [0.25, 0.3) is 0 Å². The van der Waals surface area contributed by atoms with E-state index in [2.05, 4.69) is 4.90 Å². The van der Waals surface area contributed by atoms with Crippen molar-refractivity contribution in [2.75, 3.05) is 64.0 Å². The summed E-state index contributed by atoms with van der Waals surface area (Å²) in [6, 6.07) is -0.423. The van der Waals surface area contributed by atoms with Crippen molar-refractivity contribution in [1.82, 2.24) is 13.5 Å². The van der Waals surface area contributed by atoms with Gasteiger partial charge in [0, 0.05) is 38.8 Å². The Kier molecular flexibility index (Phi) is 7.54. The van der Waals surface area contributed by atoms with Crippen LogP contribution in [0.1, 0.15) is 38.5 Å². The highest BCUT2D eigenvalue weighted by atomic mass is 32.2. The average molecular weight is 424 g/mol. The highest BCUT2D eigenvalue weighted by Crippen LogP contribution is 2.25. The molecule has 0 saturated carbocycles. The van der Waals surface area contributed by atoms with Gasteiger partial charge in [0.15, 0.2) is 9.84 Å². The van der Waals surface area contributed by atoms with E-state index in [4.69, 9.17) is 4.74 Å². The van der Waals surface area contributed by atoms with Crippen LogP contribution in [-0.4, -0.2) is 100 Å². The van der Waals surface area contributed by atoms with Crippen molar-refractivity contribution in [3.63, 3.8) is 0 Å². The van der Waals surface area contributed by atoms with Crippen LogP contribution in [0.3, 0.4) is 0 Å². The Hall–Kier alpha value is -0.260. The fraction of sp³-hybridized carbons (Fsp3) is 1.00. The van der Waals surface area contributed by atoms with Crippen molar-refractivity contribution >= 4 is 20.0 Å². The molecule has 0 aromatic carbocycles. The normalized spacial score (nSPS) is 28.4. The van der Waals surface area contributed by atoms with Crippen molar-refractivity contribution in [2.24, 2.45) is 0 Å². The van der Waals surface area contributed by atoms with Crippen molar-refractivity contribution in [3.05, 3.63) is 0 Å². The predicted octanol–water partition coefficient (Wildman–Crippen LogP) is 0.319. The number of rotatable bonds is 7. The van der Waals surface area contributed by atoms with Gasteiger partial charge in [0.1, 0.15) is 0 Å². The van der Waals surface area contributed by atoms with Gasteiger partial charge in [-0.3, -0.25) is 4.90 Å². The fourth-order valence-corrected chi connectivity index (χ4v) is 7.94. The molecule has 0 aliphatic carbocycles. The molecule has 0 aromatic rings. The standard InChI is InChI=1S/C17H33N3O5S2/c21-26(22)15-6-17(16-26)20(10-5-7-18-11-13-25-14-12-18)27(23,24)19-8-3-1-2-4-9-19/h17H,1-16H2. The molecule has 3 aliphatic heterocycles. The molecule has 3 saturated heterocycles. The second-order valence-corrected chi connectivity index (χ2v) is 11.9. The maximum atomic E-state index is 13.3. The molecule has 27 heavy (non-hydrogen) atoms. The van der Waals surface area contributed by atoms with Gasteiger partial charge in [-0.2, -0.15) is 17.0 Å². The van der Waals surface area contributed by atoms with Crippen LogP contribution >= 0.6 is 0 Å². The number of hydrogen-bond donors (Lipinski definition) is 0. The first-order valence-corrected chi connectivity index (χ1v) is 13.4. The number of morpholine rings is 1. The van der Waals surface area contributed by atoms with E-state index >= 15 is 0 Å². The highest BCUT2D eigenvalue weighted by Gasteiger charge is 2.40. The summed E-state index contributed by atoms with van der Waals surface area (Å²) in [5.74, 6) is 0.0464. The molecule has 0 aromatic heterocycles. The van der Waals surface area contributed by atoms with E-state index in [1.165, 1.54) is 4.31 Å². The number of sulfone groups is 1. The molecule has 0 amide bonds. The molecule has 0 spiro atoms. The summed E-state index contributed by atoms with van der Waals surface area (Å²) in [4.78, 5) is 2.28. The number of nitrogens with zero attached hydrogens (tertiary/aromatic N) is 3. The summed E-state index contributed by atoms with van der Waals surface area (Å²) < 4.78 is 59.1. The predicted molar refractivity (Wildman–Crippen MR) is 105 cm³/mol. The Morgan fingerprint density at radius 3 is 2.26 bits per heavy atom. The molecule has 10 heteroatoms. The van der Waals surface area contributed by atoms with Crippen LogP contribution in [0.2, 0.25) is 0 Å². The van der Waals surface area contributed by atoms with Gasteiger partial charge in [-0.25, -0.2) is 8.42 Å². The molecule has 8 nitrogen and oxygen atoms in total. The van der Waals surface area contributed by atoms with E-state index in [0.717, 1.165) is 58.5 Å². The Bertz CT molecular complexity index is 669. The van der Waals surface area contributed by atoms with Crippen molar-refractivity contribution in [2.45, 2.75) is 44.6 Å². The van der Waals surface area contributed by atoms with Gasteiger partial charge in [-0.15, -0.1) is 0 Å². The minimum Gasteiger partial charge on any atom is -0.379 e. The molecule has 3 fully saturated rings. The monoisotopic (exact) mass is 423 g/mol. The smallest absolute Gasteiger partial charge is 0.282 e. The summed E-state index contributed by atoms with van der Waals surface area (Å²) in [5.41, 5.74) is 0. The molecule has 3 rings (SSSR count). The maximum Gasteiger partial charge on any atom is 0.282 e. The molecule has 0 bridgehead atoms. The van der Waals surface area contributed by atoms with Crippen molar-refractivity contribution < 1.29 is 21.6 Å². The minimum absolute atomic E-state index is 0.0440. The average Bonchev–Trinajstić information content (AvgIpc) is 2.85. The second-order valence-electron chi connectivity index (χ2n) is 7.80. The highest BCUT2D eigenvalue weighted by molar-refractivity contribution is 7.91. The first-order chi connectivity index (χ1) is 12.9. The third-order valence-electron chi connectivity index (χ3n) is 5.76. The molecule has 158 valence electrons. The van der Waals surface area contributed by atoms with E-state index in [9.17, 15) is 16.8 Å². The summed E-state index contributed by atoms with van der Waals surface area (Å²) in [7, 11) is -6.76. The zero-order chi connectivity index (χ0) is 19.3. The van der Waals surface area contributed by atoms with E-state index < -0.39 is 26.1 Å². The Morgan fingerprint density at radius 1 is 1.00 bits per heavy atom. The van der Waals surface area contributed by atoms with Crippen LogP contribution in [0.4, 0.5) is 0 Å². The van der Waals surface area contributed by atoms with Crippen LogP contribution in [0, 0.1) is 0 Å². The Balaban J connectivity index is 1.68. The lowest BCUT2D eigenvalue weighted by molar-refractivity contribution is 0.0366. The molecule has 0 N–H and O–H groups in total. The molecule has 3 aliphatic rings. The molecule has 3 heterocycles. The molecule has 1 atom stereocenters. The molecular weight excluding hydrogens is 390 g/mol. The lowest BCUT2D eigenvalue weighted by Crippen LogP contribution is -2.50. The van der Waals surface area contributed by atoms with Gasteiger partial charge < -0.3 is 4.74 Å². The van der Waals surface area contributed by atoms with E-state index in [1.54, 1.807) is 4.31 Å². The van der Waals surface area contributed by atoms with Gasteiger partial charge in [0.2, 0.25) is 0 Å². The summed E-state index contributed by atoms with van der Waals surface area (Å²) >= 11 is 0. The number of hydrogen-bond acceptors (Lipinski definition) is 6. The lowest BCUT2D eigenvalue weighted by Gasteiger charge is -2.33. The van der Waals surface area contributed by atoms with Crippen LogP contribution in [0.5, 0.6) is 0 Å². The molecule has 1 unspecified atom stereocenters. The molecular formula is C17H33N3O5S2. The van der Waals surface area contributed by atoms with Gasteiger partial charge in [-0.1, -0.05) is 12.8 Å². The van der Waals surface area contributed by atoms with Crippen molar-refractivity contribution in [1.29, 1.82) is 0 Å². The zero-order valence-electron chi connectivity index (χ0n) is 16.1. The zero-order valence-corrected chi connectivity index (χ0v) is 17.7. The SMILES string of the molecule is O=S1(=O)CCC(N(CCCN2CCOCC2)S(=O)(=O)N2CCCCCC2)C1. The number of ether oxygens (including phenoxy) is 1. The van der Waals surface area contributed by atoms with E-state index in [1.807, 2.05) is 0 Å². The van der Waals surface area contributed by atoms with Crippen LogP contribution in [-0.2, 0) is 24.8 Å². The largest absolute Gasteiger partial charge is 0.379 e. The quantitative estimate of drug-likeness (QED) is 0.586. The van der Waals surface area contributed by atoms with E-state index in [-0.39, 0.29) is 11.5 Å². The van der Waals surface area contributed by atoms with Gasteiger partial charge in [0.05, 0.1) is 24.7 Å². The topological polar surface area (TPSA) is 87.2 Å². The second kappa shape index (κ2) is 9.49. The van der Waals surface area contributed by atoms with E-state index in [0.29, 0.717) is 32.5 Å². The minimum atomic E-state index is -3.63. The Morgan fingerprint density at radius 2 is 1.67 bits per heavy atom. The first-order valence-electron chi connectivity index (χ1n) is 10.2. The fourth-order valence-electron chi connectivity index (χ4n) is 4.18. The summed E-state index contributed by atoms with van der Waals surface area (Å²) in [6.45, 7) is 5.47. The van der Waals surface area contributed by atoms with Crippen molar-refractivity contribution in [3.8, 4) is 0 Å². The van der Waals surface area contributed by atoms with Gasteiger partial charge in [0.25, 0.3) is 10.2 Å². The summed E-state index contributed by atoms with van der Waals surface area (Å²) in [5, 5.41) is 0. The van der Waals surface area contributed by atoms with Gasteiger partial charge in [-0.05, 0) is 32.2 Å². The third-order valence-corrected chi connectivity index (χ3v) is 9.60. The lowest BCUT2D eigenvalue weighted by atomic mass is 10.2. The van der Waals surface area contributed by atoms with Gasteiger partial charge >= 0.3 is 0 Å². The van der Waals surface area contributed by atoms with Crippen LogP contribution in [0.15, 0.2) is 0 Å². The summed E-state index contributed by atoms with van der Waals surface area (Å²) in [6.07, 6.45) is 4.99. The molecule has 0 radical (unpaired) electrons. The maximum absolute atomic E-state index is 13.3.